The SMILES string of the molecule is CCC(c1nc2[nH]ncc2c(=O)n1Cc1ccccc1)N1CCC(CCN(C)C)CC1. The van der Waals surface area contributed by atoms with Crippen molar-refractivity contribution in [3.8, 4) is 0 Å². The van der Waals surface area contributed by atoms with Crippen LogP contribution >= 0.6 is 0 Å². The summed E-state index contributed by atoms with van der Waals surface area (Å²) < 4.78 is 1.86. The molecule has 1 unspecified atom stereocenters. The number of nitrogens with zero attached hydrogens (tertiary/aromatic N) is 5. The Morgan fingerprint density at radius 2 is 1.94 bits per heavy atom. The average molecular weight is 423 g/mol. The van der Waals surface area contributed by atoms with E-state index >= 15 is 0 Å². The highest BCUT2D eigenvalue weighted by molar-refractivity contribution is 5.72. The van der Waals surface area contributed by atoms with Gasteiger partial charge in [-0.2, -0.15) is 5.10 Å². The summed E-state index contributed by atoms with van der Waals surface area (Å²) in [6.07, 6.45) is 6.18. The fourth-order valence-corrected chi connectivity index (χ4v) is 4.72. The van der Waals surface area contributed by atoms with Crippen LogP contribution < -0.4 is 5.56 Å². The van der Waals surface area contributed by atoms with Crippen LogP contribution in [0.1, 0.15) is 50.0 Å². The summed E-state index contributed by atoms with van der Waals surface area (Å²) in [7, 11) is 4.29. The Labute approximate surface area is 184 Å². The van der Waals surface area contributed by atoms with Crippen molar-refractivity contribution in [2.24, 2.45) is 5.92 Å². The third kappa shape index (κ3) is 4.88. The third-order valence-electron chi connectivity index (χ3n) is 6.54. The molecule has 1 aliphatic heterocycles. The van der Waals surface area contributed by atoms with E-state index in [4.69, 9.17) is 4.98 Å². The van der Waals surface area contributed by atoms with Crippen molar-refractivity contribution in [2.45, 2.75) is 45.2 Å². The standard InChI is InChI=1S/C24H34N6O/c1-4-21(29-14-11-18(12-15-29)10-13-28(2)3)23-26-22-20(16-25-27-22)24(31)30(23)17-19-8-6-5-7-9-19/h5-9,16,18,21H,4,10-15,17H2,1-3H3,(H,25,27). The van der Waals surface area contributed by atoms with Gasteiger partial charge in [0.1, 0.15) is 11.2 Å². The van der Waals surface area contributed by atoms with Gasteiger partial charge in [-0.05, 0) is 70.9 Å². The van der Waals surface area contributed by atoms with Gasteiger partial charge in [-0.1, -0.05) is 37.3 Å². The van der Waals surface area contributed by atoms with Crippen molar-refractivity contribution in [1.29, 1.82) is 0 Å². The molecule has 2 aromatic heterocycles. The predicted octanol–water partition coefficient (Wildman–Crippen LogP) is 3.28. The monoisotopic (exact) mass is 422 g/mol. The smallest absolute Gasteiger partial charge is 0.265 e. The van der Waals surface area contributed by atoms with Crippen LogP contribution in [0.4, 0.5) is 0 Å². The first-order valence-corrected chi connectivity index (χ1v) is 11.4. The van der Waals surface area contributed by atoms with Crippen LogP contribution in [0.25, 0.3) is 11.0 Å². The first kappa shape index (κ1) is 21.7. The van der Waals surface area contributed by atoms with Crippen LogP contribution in [0.2, 0.25) is 0 Å². The maximum absolute atomic E-state index is 13.4. The number of hydrogen-bond acceptors (Lipinski definition) is 5. The van der Waals surface area contributed by atoms with E-state index in [1.165, 1.54) is 19.3 Å². The lowest BCUT2D eigenvalue weighted by Gasteiger charge is -2.37. The molecule has 31 heavy (non-hydrogen) atoms. The Hall–Kier alpha value is -2.51. The van der Waals surface area contributed by atoms with Crippen molar-refractivity contribution >= 4 is 11.0 Å². The molecule has 0 bridgehead atoms. The topological polar surface area (TPSA) is 70.0 Å². The maximum atomic E-state index is 13.4. The fourth-order valence-electron chi connectivity index (χ4n) is 4.72. The molecule has 166 valence electrons. The van der Waals surface area contributed by atoms with E-state index in [0.717, 1.165) is 43.4 Å². The van der Waals surface area contributed by atoms with Gasteiger partial charge < -0.3 is 4.90 Å². The lowest BCUT2D eigenvalue weighted by Crippen LogP contribution is -2.40. The number of likely N-dealkylation sites (tertiary alicyclic amines) is 1. The number of benzene rings is 1. The average Bonchev–Trinajstić information content (AvgIpc) is 3.26. The number of H-pyrrole nitrogens is 1. The summed E-state index contributed by atoms with van der Waals surface area (Å²) >= 11 is 0. The van der Waals surface area contributed by atoms with Gasteiger partial charge in [0.25, 0.3) is 5.56 Å². The molecule has 7 nitrogen and oxygen atoms in total. The minimum atomic E-state index is -0.0167. The van der Waals surface area contributed by atoms with Crippen molar-refractivity contribution in [1.82, 2.24) is 29.5 Å². The quantitative estimate of drug-likeness (QED) is 0.603. The number of nitrogens with one attached hydrogen (secondary N) is 1. The summed E-state index contributed by atoms with van der Waals surface area (Å²) in [4.78, 5) is 23.1. The molecule has 1 fully saturated rings. The Morgan fingerprint density at radius 1 is 1.19 bits per heavy atom. The van der Waals surface area contributed by atoms with Gasteiger partial charge in [0.15, 0.2) is 5.65 Å². The van der Waals surface area contributed by atoms with Crippen molar-refractivity contribution in [3.63, 3.8) is 0 Å². The zero-order valence-corrected chi connectivity index (χ0v) is 18.9. The number of aromatic nitrogens is 4. The van der Waals surface area contributed by atoms with E-state index in [-0.39, 0.29) is 11.6 Å². The van der Waals surface area contributed by atoms with Gasteiger partial charge in [0.2, 0.25) is 0 Å². The summed E-state index contributed by atoms with van der Waals surface area (Å²) in [5.74, 6) is 1.63. The predicted molar refractivity (Wildman–Crippen MR) is 124 cm³/mol. The molecular weight excluding hydrogens is 388 g/mol. The summed E-state index contributed by atoms with van der Waals surface area (Å²) in [6.45, 7) is 5.98. The number of rotatable bonds is 8. The van der Waals surface area contributed by atoms with Crippen molar-refractivity contribution in [3.05, 3.63) is 58.3 Å². The molecule has 0 spiro atoms. The van der Waals surface area contributed by atoms with Crippen LogP contribution in [0, 0.1) is 5.92 Å². The molecule has 0 amide bonds. The first-order valence-electron chi connectivity index (χ1n) is 11.4. The molecule has 1 N–H and O–H groups in total. The molecule has 3 aromatic rings. The second-order valence-electron chi connectivity index (χ2n) is 8.97. The Bertz CT molecular complexity index is 1030. The number of hydrogen-bond donors (Lipinski definition) is 1. The van der Waals surface area contributed by atoms with Gasteiger partial charge in [0, 0.05) is 0 Å². The van der Waals surface area contributed by atoms with Crippen molar-refractivity contribution < 1.29 is 0 Å². The minimum absolute atomic E-state index is 0.0167. The lowest BCUT2D eigenvalue weighted by atomic mass is 9.92. The molecule has 1 aliphatic rings. The zero-order chi connectivity index (χ0) is 21.8. The molecule has 1 atom stereocenters. The fraction of sp³-hybridized carbons (Fsp3) is 0.542. The van der Waals surface area contributed by atoms with Gasteiger partial charge in [0.05, 0.1) is 18.8 Å². The number of fused-ring (bicyclic) bond motifs is 1. The zero-order valence-electron chi connectivity index (χ0n) is 18.9. The number of piperidine rings is 1. The number of aromatic amines is 1. The summed E-state index contributed by atoms with van der Waals surface area (Å²) in [5, 5.41) is 7.54. The molecule has 0 saturated carbocycles. The van der Waals surface area contributed by atoms with E-state index in [1.807, 2.05) is 22.8 Å². The molecule has 0 aliphatic carbocycles. The lowest BCUT2D eigenvalue weighted by molar-refractivity contribution is 0.115. The van der Waals surface area contributed by atoms with Crippen LogP contribution in [0.3, 0.4) is 0 Å². The normalized spacial score (nSPS) is 16.9. The largest absolute Gasteiger partial charge is 0.309 e. The van der Waals surface area contributed by atoms with Crippen LogP contribution in [-0.2, 0) is 6.54 Å². The van der Waals surface area contributed by atoms with Crippen LogP contribution in [-0.4, -0.2) is 63.3 Å². The van der Waals surface area contributed by atoms with E-state index < -0.39 is 0 Å². The van der Waals surface area contributed by atoms with Crippen molar-refractivity contribution in [2.75, 3.05) is 33.7 Å². The molecule has 4 rings (SSSR count). The minimum Gasteiger partial charge on any atom is -0.309 e. The second-order valence-corrected chi connectivity index (χ2v) is 8.97. The third-order valence-corrected chi connectivity index (χ3v) is 6.54. The molecule has 1 saturated heterocycles. The maximum Gasteiger partial charge on any atom is 0.265 e. The van der Waals surface area contributed by atoms with Gasteiger partial charge in [-0.15, -0.1) is 0 Å². The van der Waals surface area contributed by atoms with Crippen LogP contribution in [0.5, 0.6) is 0 Å². The molecule has 7 heteroatoms. The van der Waals surface area contributed by atoms with E-state index in [1.54, 1.807) is 6.20 Å². The summed E-state index contributed by atoms with van der Waals surface area (Å²) in [5.41, 5.74) is 1.67. The summed E-state index contributed by atoms with van der Waals surface area (Å²) in [6, 6.07) is 10.3. The van der Waals surface area contributed by atoms with Crippen LogP contribution in [0.15, 0.2) is 41.3 Å². The second kappa shape index (κ2) is 9.75. The Balaban J connectivity index is 1.62. The van der Waals surface area contributed by atoms with Gasteiger partial charge >= 0.3 is 0 Å². The highest BCUT2D eigenvalue weighted by Crippen LogP contribution is 2.30. The Morgan fingerprint density at radius 3 is 2.61 bits per heavy atom. The molecular formula is C24H34N6O. The highest BCUT2D eigenvalue weighted by Gasteiger charge is 2.29. The van der Waals surface area contributed by atoms with E-state index in [2.05, 4.69) is 53.1 Å². The van der Waals surface area contributed by atoms with E-state index in [0.29, 0.717) is 17.6 Å². The molecule has 0 radical (unpaired) electrons. The van der Waals surface area contributed by atoms with E-state index in [9.17, 15) is 4.79 Å². The Kier molecular flexibility index (Phi) is 6.83. The highest BCUT2D eigenvalue weighted by atomic mass is 16.1. The molecule has 1 aromatic carbocycles. The first-order chi connectivity index (χ1) is 15.1. The molecule has 3 heterocycles. The van der Waals surface area contributed by atoms with Gasteiger partial charge in [-0.3, -0.25) is 19.4 Å². The van der Waals surface area contributed by atoms with Gasteiger partial charge in [-0.25, -0.2) is 4.98 Å².